The molecule has 1 heterocycles. The highest BCUT2D eigenvalue weighted by atomic mass is 35.5. The number of oxime groups is 1. The summed E-state index contributed by atoms with van der Waals surface area (Å²) in [5.74, 6) is 0.312. The third kappa shape index (κ3) is 2.57. The summed E-state index contributed by atoms with van der Waals surface area (Å²) in [6.07, 6.45) is 3.27. The molecule has 18 heavy (non-hydrogen) atoms. The van der Waals surface area contributed by atoms with Crippen molar-refractivity contribution in [1.82, 2.24) is 9.55 Å². The molecular weight excluding hydrogens is 275 g/mol. The van der Waals surface area contributed by atoms with E-state index in [2.05, 4.69) is 10.1 Å². The highest BCUT2D eigenvalue weighted by Crippen LogP contribution is 2.21. The van der Waals surface area contributed by atoms with Gasteiger partial charge in [-0.05, 0) is 23.8 Å². The van der Waals surface area contributed by atoms with Crippen LogP contribution < -0.4 is 5.73 Å². The fourth-order valence-corrected chi connectivity index (χ4v) is 1.93. The summed E-state index contributed by atoms with van der Waals surface area (Å²) in [5.41, 5.74) is 6.35. The number of nitrogens with two attached hydrogens (primary N) is 1. The molecular formula is C11H10Cl2N4O. The molecule has 0 aliphatic rings. The monoisotopic (exact) mass is 284 g/mol. The molecule has 0 saturated carbocycles. The van der Waals surface area contributed by atoms with Gasteiger partial charge in [0.15, 0.2) is 5.82 Å². The van der Waals surface area contributed by atoms with Gasteiger partial charge in [-0.3, -0.25) is 0 Å². The van der Waals surface area contributed by atoms with Crippen LogP contribution in [0.2, 0.25) is 10.0 Å². The third-order valence-electron chi connectivity index (χ3n) is 2.40. The normalized spacial score (nSPS) is 11.8. The molecule has 5 nitrogen and oxygen atoms in total. The van der Waals surface area contributed by atoms with E-state index in [-0.39, 0.29) is 5.84 Å². The quantitative estimate of drug-likeness (QED) is 0.393. The Morgan fingerprint density at radius 1 is 1.44 bits per heavy atom. The lowest BCUT2D eigenvalue weighted by molar-refractivity contribution is 0.318. The predicted octanol–water partition coefficient (Wildman–Crippen LogP) is 2.33. The molecule has 2 rings (SSSR count). The molecule has 7 heteroatoms. The summed E-state index contributed by atoms with van der Waals surface area (Å²) in [5, 5.41) is 12.8. The van der Waals surface area contributed by atoms with Crippen LogP contribution in [0, 0.1) is 0 Å². The number of halogens is 2. The lowest BCUT2D eigenvalue weighted by Gasteiger charge is -2.08. The first-order valence-electron chi connectivity index (χ1n) is 5.05. The molecule has 0 aliphatic heterocycles. The first-order valence-corrected chi connectivity index (χ1v) is 5.80. The van der Waals surface area contributed by atoms with Gasteiger partial charge in [0.25, 0.3) is 0 Å². The van der Waals surface area contributed by atoms with Gasteiger partial charge < -0.3 is 15.5 Å². The summed E-state index contributed by atoms with van der Waals surface area (Å²) in [6, 6.07) is 5.20. The van der Waals surface area contributed by atoms with E-state index < -0.39 is 0 Å². The van der Waals surface area contributed by atoms with Crippen molar-refractivity contribution in [1.29, 1.82) is 0 Å². The summed E-state index contributed by atoms with van der Waals surface area (Å²) in [6.45, 7) is 0.435. The molecule has 0 saturated heterocycles. The fourth-order valence-electron chi connectivity index (χ4n) is 1.56. The Balaban J connectivity index is 2.35. The number of aromatic nitrogens is 2. The van der Waals surface area contributed by atoms with Gasteiger partial charge in [0.2, 0.25) is 5.84 Å². The number of hydrogen-bond donors (Lipinski definition) is 2. The zero-order chi connectivity index (χ0) is 13.1. The standard InChI is InChI=1S/C11H10Cl2N4O/c12-8-1-2-9(13)7(5-8)6-17-4-3-15-11(17)10(14)16-18/h1-5,18H,6H2,(H2,14,16). The van der Waals surface area contributed by atoms with Crippen molar-refractivity contribution in [3.8, 4) is 0 Å². The van der Waals surface area contributed by atoms with Crippen molar-refractivity contribution in [3.05, 3.63) is 52.0 Å². The van der Waals surface area contributed by atoms with Crippen LogP contribution in [0.5, 0.6) is 0 Å². The SMILES string of the molecule is NC(=NO)c1nccn1Cc1cc(Cl)ccc1Cl. The van der Waals surface area contributed by atoms with Gasteiger partial charge >= 0.3 is 0 Å². The average molecular weight is 285 g/mol. The predicted molar refractivity (Wildman–Crippen MR) is 70.3 cm³/mol. The minimum atomic E-state index is -0.0573. The number of rotatable bonds is 3. The number of benzene rings is 1. The lowest BCUT2D eigenvalue weighted by Crippen LogP contribution is -2.19. The Labute approximate surface area is 113 Å². The smallest absolute Gasteiger partial charge is 0.206 e. The Kier molecular flexibility index (Phi) is 3.74. The number of amidine groups is 1. The Hall–Kier alpha value is -1.72. The highest BCUT2D eigenvalue weighted by molar-refractivity contribution is 6.33. The maximum atomic E-state index is 8.66. The number of imidazole rings is 1. The van der Waals surface area contributed by atoms with Crippen molar-refractivity contribution in [3.63, 3.8) is 0 Å². The molecule has 3 N–H and O–H groups in total. The van der Waals surface area contributed by atoms with Crippen molar-refractivity contribution < 1.29 is 5.21 Å². The van der Waals surface area contributed by atoms with E-state index in [1.165, 1.54) is 0 Å². The lowest BCUT2D eigenvalue weighted by atomic mass is 10.2. The first kappa shape index (κ1) is 12.7. The van der Waals surface area contributed by atoms with Crippen LogP contribution in [0.4, 0.5) is 0 Å². The van der Waals surface area contributed by atoms with E-state index in [1.54, 1.807) is 35.2 Å². The van der Waals surface area contributed by atoms with Gasteiger partial charge in [-0.15, -0.1) is 0 Å². The molecule has 0 atom stereocenters. The van der Waals surface area contributed by atoms with E-state index in [0.717, 1.165) is 5.56 Å². The Morgan fingerprint density at radius 3 is 2.94 bits per heavy atom. The second-order valence-electron chi connectivity index (χ2n) is 3.60. The van der Waals surface area contributed by atoms with E-state index >= 15 is 0 Å². The second kappa shape index (κ2) is 5.29. The topological polar surface area (TPSA) is 76.4 Å². The van der Waals surface area contributed by atoms with E-state index in [4.69, 9.17) is 34.1 Å². The molecule has 0 spiro atoms. The average Bonchev–Trinajstić information content (AvgIpc) is 2.81. The van der Waals surface area contributed by atoms with E-state index in [9.17, 15) is 0 Å². The van der Waals surface area contributed by atoms with Crippen LogP contribution in [0.3, 0.4) is 0 Å². The van der Waals surface area contributed by atoms with Crippen LogP contribution in [0.1, 0.15) is 11.4 Å². The van der Waals surface area contributed by atoms with Gasteiger partial charge in [0, 0.05) is 22.4 Å². The number of nitrogens with zero attached hydrogens (tertiary/aromatic N) is 3. The molecule has 0 fully saturated rings. The third-order valence-corrected chi connectivity index (χ3v) is 3.00. The summed E-state index contributed by atoms with van der Waals surface area (Å²) in [4.78, 5) is 4.01. The molecule has 0 aliphatic carbocycles. The highest BCUT2D eigenvalue weighted by Gasteiger charge is 2.10. The molecule has 0 amide bonds. The van der Waals surface area contributed by atoms with Crippen molar-refractivity contribution >= 4 is 29.0 Å². The van der Waals surface area contributed by atoms with Crippen molar-refractivity contribution in [2.45, 2.75) is 6.54 Å². The Morgan fingerprint density at radius 2 is 2.22 bits per heavy atom. The van der Waals surface area contributed by atoms with E-state index in [1.807, 2.05) is 0 Å². The molecule has 0 bridgehead atoms. The summed E-state index contributed by atoms with van der Waals surface area (Å²) < 4.78 is 1.71. The van der Waals surface area contributed by atoms with Crippen LogP contribution in [0.25, 0.3) is 0 Å². The molecule has 1 aromatic carbocycles. The van der Waals surface area contributed by atoms with Crippen LogP contribution in [-0.2, 0) is 6.54 Å². The first-order chi connectivity index (χ1) is 8.61. The largest absolute Gasteiger partial charge is 0.409 e. The van der Waals surface area contributed by atoms with Gasteiger partial charge in [0.1, 0.15) is 0 Å². The number of hydrogen-bond acceptors (Lipinski definition) is 3. The zero-order valence-electron chi connectivity index (χ0n) is 9.22. The van der Waals surface area contributed by atoms with Crippen molar-refractivity contribution in [2.75, 3.05) is 0 Å². The van der Waals surface area contributed by atoms with Gasteiger partial charge in [-0.25, -0.2) is 4.98 Å². The molecule has 0 unspecified atom stereocenters. The van der Waals surface area contributed by atoms with Crippen LogP contribution >= 0.6 is 23.2 Å². The Bertz CT molecular complexity index is 594. The van der Waals surface area contributed by atoms with Gasteiger partial charge in [0.05, 0.1) is 6.54 Å². The summed E-state index contributed by atoms with van der Waals surface area (Å²) in [7, 11) is 0. The maximum Gasteiger partial charge on any atom is 0.206 e. The molecule has 94 valence electrons. The zero-order valence-corrected chi connectivity index (χ0v) is 10.7. The van der Waals surface area contributed by atoms with E-state index in [0.29, 0.717) is 22.4 Å². The van der Waals surface area contributed by atoms with Crippen LogP contribution in [-0.4, -0.2) is 20.6 Å². The second-order valence-corrected chi connectivity index (χ2v) is 4.44. The van der Waals surface area contributed by atoms with Crippen LogP contribution in [0.15, 0.2) is 35.7 Å². The van der Waals surface area contributed by atoms with Gasteiger partial charge in [-0.2, -0.15) is 0 Å². The minimum absolute atomic E-state index is 0.0573. The summed E-state index contributed by atoms with van der Waals surface area (Å²) >= 11 is 12.0. The molecule has 0 radical (unpaired) electrons. The van der Waals surface area contributed by atoms with Crippen molar-refractivity contribution in [2.24, 2.45) is 10.9 Å². The van der Waals surface area contributed by atoms with Gasteiger partial charge in [-0.1, -0.05) is 28.4 Å². The molecule has 2 aromatic rings. The molecule has 1 aromatic heterocycles. The fraction of sp³-hybridized carbons (Fsp3) is 0.0909. The maximum absolute atomic E-state index is 8.66. The minimum Gasteiger partial charge on any atom is -0.409 e.